The number of para-hydroxylation sites is 1. The fraction of sp³-hybridized carbons (Fsp3) is 0.375. The summed E-state index contributed by atoms with van der Waals surface area (Å²) in [6.07, 6.45) is 2.25. The number of pyridine rings is 1. The fourth-order valence-electron chi connectivity index (χ4n) is 2.52. The fourth-order valence-corrected chi connectivity index (χ4v) is 2.52. The molecule has 1 heterocycles. The molecular formula is C16H17NO2. The van der Waals surface area contributed by atoms with E-state index in [1.807, 2.05) is 18.2 Å². The molecule has 19 heavy (non-hydrogen) atoms. The second-order valence-corrected chi connectivity index (χ2v) is 5.57. The normalized spacial score (nSPS) is 15.1. The van der Waals surface area contributed by atoms with Crippen molar-refractivity contribution in [1.82, 2.24) is 4.98 Å². The van der Waals surface area contributed by atoms with Gasteiger partial charge in [0.25, 0.3) is 0 Å². The van der Waals surface area contributed by atoms with Crippen molar-refractivity contribution >= 4 is 16.9 Å². The van der Waals surface area contributed by atoms with Crippen molar-refractivity contribution in [1.29, 1.82) is 0 Å². The largest absolute Gasteiger partial charge is 0.478 e. The molecule has 0 bridgehead atoms. The average molecular weight is 255 g/mol. The van der Waals surface area contributed by atoms with Crippen molar-refractivity contribution in [2.75, 3.05) is 0 Å². The van der Waals surface area contributed by atoms with Crippen LogP contribution in [-0.4, -0.2) is 16.1 Å². The van der Waals surface area contributed by atoms with E-state index in [0.717, 1.165) is 35.0 Å². The van der Waals surface area contributed by atoms with Crippen molar-refractivity contribution in [2.24, 2.45) is 0 Å². The first kappa shape index (κ1) is 12.2. The van der Waals surface area contributed by atoms with Gasteiger partial charge < -0.3 is 5.11 Å². The van der Waals surface area contributed by atoms with E-state index in [1.165, 1.54) is 0 Å². The van der Waals surface area contributed by atoms with Gasteiger partial charge in [0.05, 0.1) is 11.1 Å². The molecule has 3 rings (SSSR count). The van der Waals surface area contributed by atoms with Crippen LogP contribution >= 0.6 is 0 Å². The first-order chi connectivity index (χ1) is 9.08. The second-order valence-electron chi connectivity index (χ2n) is 5.57. The number of nitrogens with zero attached hydrogens (tertiary/aromatic N) is 1. The summed E-state index contributed by atoms with van der Waals surface area (Å²) in [4.78, 5) is 16.2. The molecule has 0 spiro atoms. The third-order valence-corrected chi connectivity index (χ3v) is 3.74. The Bertz CT molecular complexity index is 657. The van der Waals surface area contributed by atoms with Gasteiger partial charge in [-0.3, -0.25) is 4.98 Å². The summed E-state index contributed by atoms with van der Waals surface area (Å²) < 4.78 is 0. The summed E-state index contributed by atoms with van der Waals surface area (Å²) in [6.45, 7) is 4.22. The summed E-state index contributed by atoms with van der Waals surface area (Å²) in [6, 6.07) is 7.58. The van der Waals surface area contributed by atoms with Crippen LogP contribution in [0, 0.1) is 0 Å². The number of benzene rings is 1. The van der Waals surface area contributed by atoms with E-state index < -0.39 is 5.97 Å². The van der Waals surface area contributed by atoms with Gasteiger partial charge in [-0.1, -0.05) is 32.0 Å². The van der Waals surface area contributed by atoms with Crippen LogP contribution in [0.3, 0.4) is 0 Å². The Hall–Kier alpha value is -1.90. The lowest BCUT2D eigenvalue weighted by Gasteiger charge is -2.12. The van der Waals surface area contributed by atoms with Gasteiger partial charge in [-0.05, 0) is 30.4 Å². The Balaban J connectivity index is 2.33. The lowest BCUT2D eigenvalue weighted by molar-refractivity contribution is 0.0699. The van der Waals surface area contributed by atoms with Crippen LogP contribution in [0.25, 0.3) is 10.9 Å². The predicted octanol–water partition coefficient (Wildman–Crippen LogP) is 3.93. The lowest BCUT2D eigenvalue weighted by atomic mass is 9.96. The molecule has 0 aliphatic heterocycles. The molecule has 0 radical (unpaired) electrons. The van der Waals surface area contributed by atoms with E-state index >= 15 is 0 Å². The van der Waals surface area contributed by atoms with E-state index in [4.69, 9.17) is 4.98 Å². The van der Waals surface area contributed by atoms with Gasteiger partial charge in [0.1, 0.15) is 0 Å². The van der Waals surface area contributed by atoms with Crippen molar-refractivity contribution in [2.45, 2.75) is 38.5 Å². The number of carboxylic acids is 1. The SMILES string of the molecule is CC(C)c1cccc2c(C(=O)O)cc(C3CC3)nc12. The molecule has 98 valence electrons. The van der Waals surface area contributed by atoms with E-state index in [9.17, 15) is 9.90 Å². The van der Waals surface area contributed by atoms with E-state index in [1.54, 1.807) is 6.07 Å². The highest BCUT2D eigenvalue weighted by atomic mass is 16.4. The topological polar surface area (TPSA) is 50.2 Å². The van der Waals surface area contributed by atoms with E-state index in [2.05, 4.69) is 13.8 Å². The van der Waals surface area contributed by atoms with Crippen LogP contribution in [-0.2, 0) is 0 Å². The molecular weight excluding hydrogens is 238 g/mol. The molecule has 1 aliphatic carbocycles. The summed E-state index contributed by atoms with van der Waals surface area (Å²) in [5.74, 6) is -0.0646. The zero-order chi connectivity index (χ0) is 13.6. The Morgan fingerprint density at radius 3 is 2.68 bits per heavy atom. The highest BCUT2D eigenvalue weighted by Crippen LogP contribution is 2.40. The van der Waals surface area contributed by atoms with E-state index in [-0.39, 0.29) is 0 Å². The van der Waals surface area contributed by atoms with Crippen molar-refractivity contribution in [3.63, 3.8) is 0 Å². The zero-order valence-corrected chi connectivity index (χ0v) is 11.2. The predicted molar refractivity (Wildman–Crippen MR) is 74.8 cm³/mol. The average Bonchev–Trinajstić information content (AvgIpc) is 3.20. The molecule has 0 amide bonds. The van der Waals surface area contributed by atoms with E-state index in [0.29, 0.717) is 17.4 Å². The van der Waals surface area contributed by atoms with Gasteiger partial charge in [-0.25, -0.2) is 4.79 Å². The molecule has 0 saturated heterocycles. The van der Waals surface area contributed by atoms with Crippen LogP contribution in [0.1, 0.15) is 60.1 Å². The van der Waals surface area contributed by atoms with Crippen LogP contribution in [0.2, 0.25) is 0 Å². The molecule has 3 heteroatoms. The number of rotatable bonds is 3. The quantitative estimate of drug-likeness (QED) is 0.903. The third kappa shape index (κ3) is 2.09. The number of aromatic carboxylic acids is 1. The number of aromatic nitrogens is 1. The Morgan fingerprint density at radius 2 is 2.11 bits per heavy atom. The van der Waals surface area contributed by atoms with Crippen LogP contribution < -0.4 is 0 Å². The number of carboxylic acid groups (broad SMARTS) is 1. The van der Waals surface area contributed by atoms with Gasteiger partial charge in [-0.15, -0.1) is 0 Å². The van der Waals surface area contributed by atoms with Crippen molar-refractivity contribution < 1.29 is 9.90 Å². The summed E-state index contributed by atoms with van der Waals surface area (Å²) >= 11 is 0. The highest BCUT2D eigenvalue weighted by molar-refractivity contribution is 6.03. The number of carbonyl (C=O) groups is 1. The number of fused-ring (bicyclic) bond motifs is 1. The maximum atomic E-state index is 11.5. The lowest BCUT2D eigenvalue weighted by Crippen LogP contribution is -2.03. The molecule has 0 atom stereocenters. The van der Waals surface area contributed by atoms with Gasteiger partial charge >= 0.3 is 5.97 Å². The Kier molecular flexibility index (Phi) is 2.77. The zero-order valence-electron chi connectivity index (χ0n) is 11.2. The van der Waals surface area contributed by atoms with Gasteiger partial charge in [0.2, 0.25) is 0 Å². The van der Waals surface area contributed by atoms with Gasteiger partial charge in [0.15, 0.2) is 0 Å². The third-order valence-electron chi connectivity index (χ3n) is 3.74. The molecule has 1 saturated carbocycles. The first-order valence-electron chi connectivity index (χ1n) is 6.74. The standard InChI is InChI=1S/C16H17NO2/c1-9(2)11-4-3-5-12-13(16(18)19)8-14(10-6-7-10)17-15(11)12/h3-5,8-10H,6-7H2,1-2H3,(H,18,19). The second kappa shape index (κ2) is 4.34. The molecule has 1 fully saturated rings. The smallest absolute Gasteiger partial charge is 0.336 e. The van der Waals surface area contributed by atoms with Crippen LogP contribution in [0.4, 0.5) is 0 Å². The maximum Gasteiger partial charge on any atom is 0.336 e. The molecule has 1 aromatic carbocycles. The molecule has 3 nitrogen and oxygen atoms in total. The summed E-state index contributed by atoms with van der Waals surface area (Å²) in [5, 5.41) is 10.2. The highest BCUT2D eigenvalue weighted by Gasteiger charge is 2.27. The van der Waals surface area contributed by atoms with Crippen LogP contribution in [0.5, 0.6) is 0 Å². The van der Waals surface area contributed by atoms with Crippen molar-refractivity contribution in [3.8, 4) is 0 Å². The summed E-state index contributed by atoms with van der Waals surface area (Å²) in [5.41, 5.74) is 3.31. The molecule has 1 aromatic heterocycles. The molecule has 2 aromatic rings. The minimum absolute atomic E-state index is 0.340. The first-order valence-corrected chi connectivity index (χ1v) is 6.74. The van der Waals surface area contributed by atoms with Crippen molar-refractivity contribution in [3.05, 3.63) is 41.1 Å². The maximum absolute atomic E-state index is 11.5. The monoisotopic (exact) mass is 255 g/mol. The molecule has 1 aliphatic rings. The minimum Gasteiger partial charge on any atom is -0.478 e. The van der Waals surface area contributed by atoms with Gasteiger partial charge in [-0.2, -0.15) is 0 Å². The number of hydrogen-bond acceptors (Lipinski definition) is 2. The Morgan fingerprint density at radius 1 is 1.37 bits per heavy atom. The molecule has 1 N–H and O–H groups in total. The summed E-state index contributed by atoms with van der Waals surface area (Å²) in [7, 11) is 0. The molecule has 0 unspecified atom stereocenters. The Labute approximate surface area is 112 Å². The van der Waals surface area contributed by atoms with Crippen LogP contribution in [0.15, 0.2) is 24.3 Å². The minimum atomic E-state index is -0.866. The number of hydrogen-bond donors (Lipinski definition) is 1. The van der Waals surface area contributed by atoms with Gasteiger partial charge in [0, 0.05) is 17.0 Å².